The van der Waals surface area contributed by atoms with Crippen LogP contribution in [0.2, 0.25) is 0 Å². The van der Waals surface area contributed by atoms with Crippen molar-refractivity contribution >= 4 is 5.91 Å². The second kappa shape index (κ2) is 8.52. The fraction of sp³-hybridized carbons (Fsp3) is 0.316. The van der Waals surface area contributed by atoms with Crippen LogP contribution in [0.1, 0.15) is 29.5 Å². The fourth-order valence-electron chi connectivity index (χ4n) is 2.50. The van der Waals surface area contributed by atoms with Gasteiger partial charge < -0.3 is 5.32 Å². The average Bonchev–Trinajstić information content (AvgIpc) is 2.57. The summed E-state index contributed by atoms with van der Waals surface area (Å²) in [6, 6.07) is 9.29. The summed E-state index contributed by atoms with van der Waals surface area (Å²) in [6.07, 6.45) is 3.03. The Bertz CT molecular complexity index is 699. The van der Waals surface area contributed by atoms with Gasteiger partial charge >= 0.3 is 0 Å². The molecule has 2 rings (SSSR count). The standard InChI is InChI=1S/C19H20F3NO/c1-23-19(24)10-14-8-6-13(7-9-14)4-2-3-5-15-11-17(21)18(22)12-16(15)20/h6-9,11-12H,2-5,10H2,1H3,(H,23,24). The maximum Gasteiger partial charge on any atom is 0.224 e. The average molecular weight is 335 g/mol. The molecule has 2 nitrogen and oxygen atoms in total. The summed E-state index contributed by atoms with van der Waals surface area (Å²) < 4.78 is 39.5. The maximum atomic E-state index is 13.5. The zero-order chi connectivity index (χ0) is 17.5. The van der Waals surface area contributed by atoms with E-state index < -0.39 is 17.5 Å². The van der Waals surface area contributed by atoms with Crippen LogP contribution in [-0.4, -0.2) is 13.0 Å². The van der Waals surface area contributed by atoms with E-state index >= 15 is 0 Å². The number of amides is 1. The Balaban J connectivity index is 1.80. The van der Waals surface area contributed by atoms with Crippen LogP contribution >= 0.6 is 0 Å². The lowest BCUT2D eigenvalue weighted by atomic mass is 10.0. The van der Waals surface area contributed by atoms with Crippen LogP contribution < -0.4 is 5.32 Å². The second-order valence-corrected chi connectivity index (χ2v) is 5.73. The minimum absolute atomic E-state index is 0.0312. The Hall–Kier alpha value is -2.30. The van der Waals surface area contributed by atoms with Gasteiger partial charge in [-0.2, -0.15) is 0 Å². The lowest BCUT2D eigenvalue weighted by Gasteiger charge is -2.06. The number of carbonyl (C=O) groups is 1. The molecule has 5 heteroatoms. The zero-order valence-corrected chi connectivity index (χ0v) is 13.5. The van der Waals surface area contributed by atoms with Crippen molar-refractivity contribution in [3.05, 3.63) is 70.5 Å². The second-order valence-electron chi connectivity index (χ2n) is 5.73. The number of halogens is 3. The third-order valence-corrected chi connectivity index (χ3v) is 3.92. The molecule has 0 saturated heterocycles. The molecule has 24 heavy (non-hydrogen) atoms. The third-order valence-electron chi connectivity index (χ3n) is 3.92. The lowest BCUT2D eigenvalue weighted by Crippen LogP contribution is -2.19. The van der Waals surface area contributed by atoms with Gasteiger partial charge in [0, 0.05) is 13.1 Å². The van der Waals surface area contributed by atoms with Gasteiger partial charge in [0.25, 0.3) is 0 Å². The van der Waals surface area contributed by atoms with Crippen molar-refractivity contribution in [1.29, 1.82) is 0 Å². The van der Waals surface area contributed by atoms with Gasteiger partial charge in [0.2, 0.25) is 5.91 Å². The summed E-state index contributed by atoms with van der Waals surface area (Å²) in [5, 5.41) is 2.58. The molecule has 0 aliphatic heterocycles. The van der Waals surface area contributed by atoms with E-state index in [0.717, 1.165) is 30.0 Å². The van der Waals surface area contributed by atoms with Crippen LogP contribution in [0, 0.1) is 17.5 Å². The van der Waals surface area contributed by atoms with Crippen LogP contribution in [0.25, 0.3) is 0 Å². The number of rotatable bonds is 7. The van der Waals surface area contributed by atoms with Gasteiger partial charge in [-0.05, 0) is 48.4 Å². The summed E-state index contributed by atoms with van der Waals surface area (Å²) >= 11 is 0. The summed E-state index contributed by atoms with van der Waals surface area (Å²) in [7, 11) is 1.60. The molecule has 2 aromatic carbocycles. The van der Waals surface area contributed by atoms with E-state index in [2.05, 4.69) is 5.32 Å². The molecule has 1 N–H and O–H groups in total. The Kier molecular flexibility index (Phi) is 6.41. The smallest absolute Gasteiger partial charge is 0.224 e. The quantitative estimate of drug-likeness (QED) is 0.602. The van der Waals surface area contributed by atoms with E-state index in [0.29, 0.717) is 25.3 Å². The highest BCUT2D eigenvalue weighted by molar-refractivity contribution is 5.78. The first-order valence-electron chi connectivity index (χ1n) is 7.91. The van der Waals surface area contributed by atoms with Crippen molar-refractivity contribution in [2.75, 3.05) is 7.05 Å². The lowest BCUT2D eigenvalue weighted by molar-refractivity contribution is -0.119. The van der Waals surface area contributed by atoms with Crippen molar-refractivity contribution in [2.45, 2.75) is 32.1 Å². The Morgan fingerprint density at radius 1 is 0.875 bits per heavy atom. The highest BCUT2D eigenvalue weighted by Gasteiger charge is 2.09. The minimum atomic E-state index is -1.16. The SMILES string of the molecule is CNC(=O)Cc1ccc(CCCCc2cc(F)c(F)cc2F)cc1. The first-order valence-corrected chi connectivity index (χ1v) is 7.91. The van der Waals surface area contributed by atoms with E-state index in [1.54, 1.807) is 7.05 Å². The van der Waals surface area contributed by atoms with Gasteiger partial charge in [0.1, 0.15) is 5.82 Å². The number of hydrogen-bond acceptors (Lipinski definition) is 1. The Morgan fingerprint density at radius 2 is 1.46 bits per heavy atom. The topological polar surface area (TPSA) is 29.1 Å². The monoisotopic (exact) mass is 335 g/mol. The summed E-state index contributed by atoms with van der Waals surface area (Å²) in [6.45, 7) is 0. The van der Waals surface area contributed by atoms with Crippen molar-refractivity contribution in [3.63, 3.8) is 0 Å². The van der Waals surface area contributed by atoms with Gasteiger partial charge in [0.15, 0.2) is 11.6 Å². The molecule has 0 fully saturated rings. The van der Waals surface area contributed by atoms with Crippen LogP contribution in [0.3, 0.4) is 0 Å². The van der Waals surface area contributed by atoms with Crippen LogP contribution in [-0.2, 0) is 24.1 Å². The first kappa shape index (κ1) is 18.0. The number of unbranched alkanes of at least 4 members (excludes halogenated alkanes) is 1. The predicted octanol–water partition coefficient (Wildman–Crippen LogP) is 3.96. The molecule has 1 amide bonds. The number of benzene rings is 2. The number of nitrogens with one attached hydrogen (secondary N) is 1. The number of aryl methyl sites for hydroxylation is 2. The molecule has 0 atom stereocenters. The van der Waals surface area contributed by atoms with E-state index in [9.17, 15) is 18.0 Å². The largest absolute Gasteiger partial charge is 0.359 e. The van der Waals surface area contributed by atoms with Crippen molar-refractivity contribution < 1.29 is 18.0 Å². The summed E-state index contributed by atoms with van der Waals surface area (Å²) in [4.78, 5) is 11.3. The number of hydrogen-bond donors (Lipinski definition) is 1. The van der Waals surface area contributed by atoms with Crippen molar-refractivity contribution in [2.24, 2.45) is 0 Å². The predicted molar refractivity (Wildman–Crippen MR) is 87.2 cm³/mol. The molecule has 0 radical (unpaired) electrons. The fourth-order valence-corrected chi connectivity index (χ4v) is 2.50. The molecule has 0 heterocycles. The van der Waals surface area contributed by atoms with Gasteiger partial charge in [-0.25, -0.2) is 13.2 Å². The van der Waals surface area contributed by atoms with Gasteiger partial charge in [-0.3, -0.25) is 4.79 Å². The van der Waals surface area contributed by atoms with E-state index in [1.807, 2.05) is 24.3 Å². The van der Waals surface area contributed by atoms with E-state index in [-0.39, 0.29) is 11.5 Å². The van der Waals surface area contributed by atoms with Crippen molar-refractivity contribution in [1.82, 2.24) is 5.32 Å². The maximum absolute atomic E-state index is 13.5. The molecule has 2 aromatic rings. The highest BCUT2D eigenvalue weighted by Crippen LogP contribution is 2.17. The molecular formula is C19H20F3NO. The van der Waals surface area contributed by atoms with Gasteiger partial charge in [-0.15, -0.1) is 0 Å². The third kappa shape index (κ3) is 5.11. The molecule has 0 aromatic heterocycles. The molecule has 128 valence electrons. The number of likely N-dealkylation sites (N-methyl/N-ethyl adjacent to an activating group) is 1. The normalized spacial score (nSPS) is 10.7. The molecule has 0 bridgehead atoms. The molecule has 0 spiro atoms. The molecule has 0 aliphatic rings. The van der Waals surface area contributed by atoms with Crippen molar-refractivity contribution in [3.8, 4) is 0 Å². The van der Waals surface area contributed by atoms with E-state index in [4.69, 9.17) is 0 Å². The van der Waals surface area contributed by atoms with E-state index in [1.165, 1.54) is 0 Å². The van der Waals surface area contributed by atoms with Crippen LogP contribution in [0.15, 0.2) is 36.4 Å². The molecule has 0 saturated carbocycles. The minimum Gasteiger partial charge on any atom is -0.359 e. The van der Waals surface area contributed by atoms with Gasteiger partial charge in [0.05, 0.1) is 6.42 Å². The number of carbonyl (C=O) groups excluding carboxylic acids is 1. The Morgan fingerprint density at radius 3 is 2.12 bits per heavy atom. The summed E-state index contributed by atoms with van der Waals surface area (Å²) in [5.41, 5.74) is 2.28. The molecular weight excluding hydrogens is 315 g/mol. The Labute approximate surface area is 139 Å². The zero-order valence-electron chi connectivity index (χ0n) is 13.5. The molecule has 0 aliphatic carbocycles. The highest BCUT2D eigenvalue weighted by atomic mass is 19.2. The van der Waals surface area contributed by atoms with Crippen LogP contribution in [0.4, 0.5) is 13.2 Å². The first-order chi connectivity index (χ1) is 11.5. The van der Waals surface area contributed by atoms with Crippen LogP contribution in [0.5, 0.6) is 0 Å². The molecule has 0 unspecified atom stereocenters. The summed E-state index contributed by atoms with van der Waals surface area (Å²) in [5.74, 6) is -2.91. The van der Waals surface area contributed by atoms with Gasteiger partial charge in [-0.1, -0.05) is 24.3 Å².